The van der Waals surface area contributed by atoms with Crippen molar-refractivity contribution in [1.82, 2.24) is 22.9 Å². The Morgan fingerprint density at radius 1 is 1.20 bits per heavy atom. The molecule has 0 radical (unpaired) electrons. The largest absolute Gasteiger partial charge is 0.344 e. The van der Waals surface area contributed by atoms with Gasteiger partial charge >= 0.3 is 0 Å². The van der Waals surface area contributed by atoms with E-state index in [1.165, 1.54) is 25.9 Å². The zero-order valence-electron chi connectivity index (χ0n) is 6.82. The maximum absolute atomic E-state index is 3.31. The van der Waals surface area contributed by atoms with E-state index in [1.54, 1.807) is 0 Å². The average molecular weight is 148 g/mol. The zero-order chi connectivity index (χ0) is 5.82. The molecule has 1 rings (SSSR count). The van der Waals surface area contributed by atoms with Crippen molar-refractivity contribution in [1.29, 1.82) is 0 Å². The summed E-state index contributed by atoms with van der Waals surface area (Å²) in [4.78, 5) is 0. The van der Waals surface area contributed by atoms with Crippen molar-refractivity contribution < 1.29 is 0 Å². The van der Waals surface area contributed by atoms with Gasteiger partial charge in [-0.25, -0.2) is 0 Å². The summed E-state index contributed by atoms with van der Waals surface area (Å²) >= 11 is 0. The molecule has 4 heteroatoms. The molecule has 64 valence electrons. The van der Waals surface area contributed by atoms with Gasteiger partial charge in [-0.3, -0.25) is 0 Å². The summed E-state index contributed by atoms with van der Waals surface area (Å²) < 4.78 is 0. The molecule has 8 N–H and O–H groups in total. The van der Waals surface area contributed by atoms with Gasteiger partial charge in [0, 0.05) is 6.04 Å². The topological polar surface area (TPSA) is 94.1 Å². The summed E-state index contributed by atoms with van der Waals surface area (Å²) in [7, 11) is 2.04. The molecule has 4 nitrogen and oxygen atoms in total. The van der Waals surface area contributed by atoms with Gasteiger partial charge in [0.1, 0.15) is 0 Å². The molecular formula is C6H20N4. The van der Waals surface area contributed by atoms with Crippen LogP contribution in [0.5, 0.6) is 0 Å². The number of hydrogen-bond acceptors (Lipinski definition) is 4. The first kappa shape index (κ1) is 12.5. The van der Waals surface area contributed by atoms with Gasteiger partial charge < -0.3 is 22.9 Å². The van der Waals surface area contributed by atoms with Crippen molar-refractivity contribution >= 4 is 0 Å². The zero-order valence-corrected chi connectivity index (χ0v) is 6.82. The maximum Gasteiger partial charge on any atom is 0.00882 e. The third kappa shape index (κ3) is 3.79. The monoisotopic (exact) mass is 148 g/mol. The molecule has 0 aromatic carbocycles. The molecule has 0 saturated carbocycles. The highest BCUT2D eigenvalue weighted by atomic mass is 14.9. The molecule has 10 heavy (non-hydrogen) atoms. The third-order valence-electron chi connectivity index (χ3n) is 1.75. The van der Waals surface area contributed by atoms with E-state index in [0.29, 0.717) is 0 Å². The van der Waals surface area contributed by atoms with Crippen LogP contribution in [0.2, 0.25) is 0 Å². The van der Waals surface area contributed by atoms with Gasteiger partial charge in [-0.15, -0.1) is 0 Å². The van der Waals surface area contributed by atoms with E-state index < -0.39 is 0 Å². The van der Waals surface area contributed by atoms with Crippen molar-refractivity contribution in [3.63, 3.8) is 0 Å². The summed E-state index contributed by atoms with van der Waals surface area (Å²) in [6.45, 7) is 2.37. The summed E-state index contributed by atoms with van der Waals surface area (Å²) in [5, 5.41) is 6.57. The second-order valence-electron chi connectivity index (χ2n) is 2.31. The fourth-order valence-electron chi connectivity index (χ4n) is 1.11. The van der Waals surface area contributed by atoms with Crippen molar-refractivity contribution in [3.8, 4) is 0 Å². The molecule has 0 aromatic rings. The SMILES string of the molecule is CNC1CCNCC1.N.N. The third-order valence-corrected chi connectivity index (χ3v) is 1.75. The predicted octanol–water partition coefficient (Wildman–Crippen LogP) is 0.282. The summed E-state index contributed by atoms with van der Waals surface area (Å²) in [5.74, 6) is 0. The Hall–Kier alpha value is -0.160. The number of rotatable bonds is 1. The van der Waals surface area contributed by atoms with Crippen LogP contribution in [0.1, 0.15) is 12.8 Å². The van der Waals surface area contributed by atoms with E-state index in [2.05, 4.69) is 10.6 Å². The van der Waals surface area contributed by atoms with E-state index in [9.17, 15) is 0 Å². The van der Waals surface area contributed by atoms with Crippen LogP contribution in [0.3, 0.4) is 0 Å². The first-order valence-corrected chi connectivity index (χ1v) is 3.31. The van der Waals surface area contributed by atoms with Crippen LogP contribution in [0.15, 0.2) is 0 Å². The molecule has 0 unspecified atom stereocenters. The highest BCUT2D eigenvalue weighted by molar-refractivity contribution is 4.71. The van der Waals surface area contributed by atoms with E-state index in [-0.39, 0.29) is 12.3 Å². The van der Waals surface area contributed by atoms with Crippen LogP contribution >= 0.6 is 0 Å². The molecule has 0 atom stereocenters. The molecule has 1 saturated heterocycles. The molecule has 0 aliphatic carbocycles. The van der Waals surface area contributed by atoms with Crippen molar-refractivity contribution in [2.45, 2.75) is 18.9 Å². The number of piperidine rings is 1. The molecule has 1 aliphatic heterocycles. The molecular weight excluding hydrogens is 128 g/mol. The van der Waals surface area contributed by atoms with Crippen LogP contribution in [-0.2, 0) is 0 Å². The summed E-state index contributed by atoms with van der Waals surface area (Å²) in [6.07, 6.45) is 2.58. The van der Waals surface area contributed by atoms with Crippen molar-refractivity contribution in [2.24, 2.45) is 0 Å². The Bertz CT molecular complexity index is 60.8. The fourth-order valence-corrected chi connectivity index (χ4v) is 1.11. The van der Waals surface area contributed by atoms with E-state index in [4.69, 9.17) is 0 Å². The second-order valence-corrected chi connectivity index (χ2v) is 2.31. The molecule has 0 amide bonds. The van der Waals surface area contributed by atoms with E-state index in [1.807, 2.05) is 7.05 Å². The first-order chi connectivity index (χ1) is 3.93. The number of nitrogens with one attached hydrogen (secondary N) is 2. The lowest BCUT2D eigenvalue weighted by Crippen LogP contribution is -2.37. The molecule has 0 bridgehead atoms. The van der Waals surface area contributed by atoms with Gasteiger partial charge in [0.25, 0.3) is 0 Å². The second kappa shape index (κ2) is 6.95. The smallest absolute Gasteiger partial charge is 0.00882 e. The maximum atomic E-state index is 3.31. The molecule has 0 spiro atoms. The Morgan fingerprint density at radius 2 is 1.70 bits per heavy atom. The van der Waals surface area contributed by atoms with Crippen molar-refractivity contribution in [3.05, 3.63) is 0 Å². The van der Waals surface area contributed by atoms with Crippen LogP contribution in [0, 0.1) is 0 Å². The van der Waals surface area contributed by atoms with Gasteiger partial charge in [0.2, 0.25) is 0 Å². The van der Waals surface area contributed by atoms with E-state index >= 15 is 0 Å². The lowest BCUT2D eigenvalue weighted by atomic mass is 10.1. The van der Waals surface area contributed by atoms with Gasteiger partial charge in [-0.05, 0) is 33.0 Å². The summed E-state index contributed by atoms with van der Waals surface area (Å²) in [6, 6.07) is 0.774. The fraction of sp³-hybridized carbons (Fsp3) is 1.00. The highest BCUT2D eigenvalue weighted by Crippen LogP contribution is 1.99. The van der Waals surface area contributed by atoms with Gasteiger partial charge in [-0.1, -0.05) is 0 Å². The van der Waals surface area contributed by atoms with E-state index in [0.717, 1.165) is 6.04 Å². The Kier molecular flexibility index (Phi) is 8.70. The molecule has 0 aromatic heterocycles. The predicted molar refractivity (Wildman–Crippen MR) is 45.0 cm³/mol. The molecule has 1 heterocycles. The summed E-state index contributed by atoms with van der Waals surface area (Å²) in [5.41, 5.74) is 0. The quantitative estimate of drug-likeness (QED) is 0.429. The van der Waals surface area contributed by atoms with Gasteiger partial charge in [-0.2, -0.15) is 0 Å². The van der Waals surface area contributed by atoms with Crippen molar-refractivity contribution in [2.75, 3.05) is 20.1 Å². The van der Waals surface area contributed by atoms with Crippen LogP contribution < -0.4 is 22.9 Å². The minimum absolute atomic E-state index is 0. The minimum atomic E-state index is 0. The highest BCUT2D eigenvalue weighted by Gasteiger charge is 2.08. The molecule has 1 aliphatic rings. The Balaban J connectivity index is 0. The van der Waals surface area contributed by atoms with Gasteiger partial charge in [0.15, 0.2) is 0 Å². The Morgan fingerprint density at radius 3 is 2.00 bits per heavy atom. The van der Waals surface area contributed by atoms with Crippen LogP contribution in [0.4, 0.5) is 0 Å². The average Bonchev–Trinajstić information content (AvgIpc) is 1.90. The lowest BCUT2D eigenvalue weighted by Gasteiger charge is -2.21. The Labute approximate surface area is 62.9 Å². The lowest BCUT2D eigenvalue weighted by molar-refractivity contribution is 0.409. The van der Waals surface area contributed by atoms with Gasteiger partial charge in [0.05, 0.1) is 0 Å². The normalized spacial score (nSPS) is 18.9. The van der Waals surface area contributed by atoms with Crippen LogP contribution in [0.25, 0.3) is 0 Å². The van der Waals surface area contributed by atoms with Crippen LogP contribution in [-0.4, -0.2) is 26.2 Å². The minimum Gasteiger partial charge on any atom is -0.344 e. The standard InChI is InChI=1S/C6H14N2.2H3N/c1-7-6-2-4-8-5-3-6;;/h6-8H,2-5H2,1H3;2*1H3. The molecule has 1 fully saturated rings. The first-order valence-electron chi connectivity index (χ1n) is 3.31. The number of hydrogen-bond donors (Lipinski definition) is 4.